The van der Waals surface area contributed by atoms with E-state index < -0.39 is 298 Å². The highest BCUT2D eigenvalue weighted by Crippen LogP contribution is 2.24. The van der Waals surface area contributed by atoms with E-state index >= 15 is 9.59 Å². The van der Waals surface area contributed by atoms with Crippen LogP contribution in [0.5, 0.6) is 11.5 Å². The van der Waals surface area contributed by atoms with Crippen LogP contribution in [-0.2, 0) is 128 Å². The maximum Gasteiger partial charge on any atom is 0.326 e. The number of nitrogens with two attached hydrogens (primary N) is 2. The van der Waals surface area contributed by atoms with Crippen LogP contribution in [0.2, 0.25) is 0 Å². The minimum Gasteiger partial charge on any atom is -0.508 e. The van der Waals surface area contributed by atoms with Crippen LogP contribution in [0, 0.1) is 11.3 Å². The van der Waals surface area contributed by atoms with E-state index in [0.29, 0.717) is 44.1 Å². The topological polar surface area (TPSA) is 824 Å². The molecule has 16 amide bonds. The third-order valence-corrected chi connectivity index (χ3v) is 23.0. The van der Waals surface area contributed by atoms with Crippen LogP contribution >= 0.6 is 25.3 Å². The number of phenols is 2. The summed E-state index contributed by atoms with van der Waals surface area (Å²) in [5, 5.41) is 119. The summed E-state index contributed by atoms with van der Waals surface area (Å²) in [5.74, 6) is -25.9. The Hall–Kier alpha value is -15.9. The van der Waals surface area contributed by atoms with Gasteiger partial charge in [-0.05, 0) is 97.2 Å². The quantitative estimate of drug-likeness (QED) is 0.00730. The highest BCUT2D eigenvalue weighted by atomic mass is 32.1. The van der Waals surface area contributed by atoms with Gasteiger partial charge in [-0.15, -0.1) is 0 Å². The number of amides is 16. The number of aliphatic hydroxyl groups is 1. The zero-order chi connectivity index (χ0) is 105. The SMILES string of the molecule is CC[C@H](C)[C@H](NC(=O)[C@H](Cc1ccc(O)cc1)NC(=O)[C@H](CO)NC(=O)CNC(=O)[C@H](CS)NC(=O)[C@H](Cc1cnc[nH]1)NC(=O)[C@H](Cc1c[nH]c2ccccc12)NC(=O)[C@H](Cc1c[nH]c2ccccc12)NC(=O)[C@H](CC(=O)O)NC(=O)[C@H](CS)NC(=O)[C@H](Cc1ccc(O)cc1)NC(=O)CNC(=O)[C@H](CCC(=O)O)NC(=O)[C@H](C)N)C(=O)N[C@@H](CCC(=O)O)C(=O)NCC(=O)N[C@@H](CCCNC(=N)N)C(=O)O. The van der Waals surface area contributed by atoms with E-state index in [1.165, 1.54) is 87.3 Å². The van der Waals surface area contributed by atoms with Gasteiger partial charge in [0.2, 0.25) is 94.5 Å². The second-order valence-electron chi connectivity index (χ2n) is 33.2. The number of nitrogens with zero attached hydrogens (tertiary/aromatic N) is 1. The van der Waals surface area contributed by atoms with Crippen LogP contribution in [0.3, 0.4) is 0 Å². The van der Waals surface area contributed by atoms with E-state index in [0.717, 1.165) is 0 Å². The molecular formula is C90H118N24O27S2. The Labute approximate surface area is 826 Å². The van der Waals surface area contributed by atoms with Gasteiger partial charge in [0.05, 0.1) is 45.0 Å². The van der Waals surface area contributed by atoms with Gasteiger partial charge in [0.15, 0.2) is 5.96 Å². The molecule has 4 aromatic carbocycles. The van der Waals surface area contributed by atoms with Gasteiger partial charge in [-0.2, -0.15) is 25.3 Å². The Balaban J connectivity index is 1.07. The van der Waals surface area contributed by atoms with Crippen LogP contribution < -0.4 is 102 Å². The van der Waals surface area contributed by atoms with Gasteiger partial charge in [-0.25, -0.2) is 9.78 Å². The van der Waals surface area contributed by atoms with Crippen molar-refractivity contribution in [3.63, 3.8) is 0 Å². The molecule has 143 heavy (non-hydrogen) atoms. The fraction of sp³-hybridized carbons (Fsp3) is 0.422. The summed E-state index contributed by atoms with van der Waals surface area (Å²) in [6.45, 7) is 0.692. The van der Waals surface area contributed by atoms with Crippen molar-refractivity contribution in [1.82, 2.24) is 110 Å². The fourth-order valence-electron chi connectivity index (χ4n) is 14.3. The second-order valence-corrected chi connectivity index (χ2v) is 33.9. The van der Waals surface area contributed by atoms with Crippen LogP contribution in [0.4, 0.5) is 0 Å². The second kappa shape index (κ2) is 57.0. The molecule has 0 aliphatic rings. The van der Waals surface area contributed by atoms with Crippen LogP contribution in [0.15, 0.2) is 122 Å². The summed E-state index contributed by atoms with van der Waals surface area (Å²) < 4.78 is 0. The Kier molecular flexibility index (Phi) is 45.4. The lowest BCUT2D eigenvalue weighted by atomic mass is 9.96. The summed E-state index contributed by atoms with van der Waals surface area (Å²) in [4.78, 5) is 287. The third-order valence-electron chi connectivity index (χ3n) is 22.2. The standard InChI is InChI=1S/C90H118N24O27S2/c1-4-44(2)75(88(139)106-58(24-26-73(123)124)78(129)98-37-69(118)102-59(89(140)141)14-9-27-95-90(92)93)114-85(136)61(29-47-17-21-52(117)22-18-47)107-86(137)66(40-115)104-71(120)39-100-79(130)67(41-142)112-83(134)64(32-50-36-94-43-101-50)110-82(133)63(31-49-35-97-56-13-8-6-11-54(49)56)108-81(132)62(30-48-34-96-55-12-7-5-10-53(48)55)109-84(135)65(33-74(125)126)111-87(138)68(42-143)113-80(131)60(28-46-15-19-51(116)20-16-46)103-70(119)38-99-77(128)57(23-25-72(121)122)105-76(127)45(3)91/h5-8,10-13,15-22,34-36,43-45,57-68,75,96-97,115-117,142-143H,4,9,14,23-33,37-42,91H2,1-3H3,(H,94,101)(H,98,129)(H,99,128)(H,100,130)(H,102,118)(H,103,119)(H,104,120)(H,105,127)(H,106,139)(H,107,137)(H,108,132)(H,109,135)(H,110,133)(H,111,138)(H,112,134)(H,113,131)(H,114,136)(H,121,122)(H,123,124)(H,125,126)(H,140,141)(H4,92,93,95)/t44-,45-,57-,58-,59-,60-,61-,62-,63-,64-,65-,66-,67-,68-,75-/m0/s1. The number of para-hydroxylation sites is 2. The summed E-state index contributed by atoms with van der Waals surface area (Å²) in [6.07, 6.45) is 0.344. The van der Waals surface area contributed by atoms with Crippen molar-refractivity contribution in [1.29, 1.82) is 5.41 Å². The number of H-pyrrole nitrogens is 3. The number of fused-ring (bicyclic) bond motifs is 2. The number of rotatable bonds is 60. The number of aliphatic carboxylic acids is 4. The Morgan fingerprint density at radius 2 is 0.776 bits per heavy atom. The molecular weight excluding hydrogens is 1910 g/mol. The maximum atomic E-state index is 15.4. The molecule has 3 heterocycles. The molecule has 7 rings (SSSR count). The minimum atomic E-state index is -2.09. The number of hydrogen-bond acceptors (Lipinski definition) is 28. The molecule has 772 valence electrons. The molecule has 0 unspecified atom stereocenters. The van der Waals surface area contributed by atoms with Crippen molar-refractivity contribution in [3.8, 4) is 11.5 Å². The maximum absolute atomic E-state index is 15.4. The molecule has 53 heteroatoms. The number of carboxylic acid groups (broad SMARTS) is 4. The van der Waals surface area contributed by atoms with Gasteiger partial charge in [0, 0.05) is 109 Å². The molecule has 51 nitrogen and oxygen atoms in total. The number of thiol groups is 2. The number of aromatic hydroxyl groups is 2. The lowest BCUT2D eigenvalue weighted by Gasteiger charge is -2.29. The third kappa shape index (κ3) is 37.6. The fourth-order valence-corrected chi connectivity index (χ4v) is 14.8. The van der Waals surface area contributed by atoms with Crippen molar-refractivity contribution < 1.29 is 132 Å². The van der Waals surface area contributed by atoms with Gasteiger partial charge < -0.3 is 153 Å². The highest BCUT2D eigenvalue weighted by molar-refractivity contribution is 7.80. The molecule has 15 atom stereocenters. The zero-order valence-electron chi connectivity index (χ0n) is 77.6. The van der Waals surface area contributed by atoms with Gasteiger partial charge in [0.1, 0.15) is 90.0 Å². The molecule has 0 spiro atoms. The molecule has 0 saturated heterocycles. The monoisotopic (exact) mass is 2030 g/mol. The highest BCUT2D eigenvalue weighted by Gasteiger charge is 2.40. The van der Waals surface area contributed by atoms with Gasteiger partial charge in [-0.1, -0.05) is 80.9 Å². The Bertz CT molecular complexity index is 5670. The summed E-state index contributed by atoms with van der Waals surface area (Å²) in [6, 6.07) is 0.823. The van der Waals surface area contributed by atoms with Gasteiger partial charge in [-0.3, -0.25) is 96.5 Å². The number of aromatic amines is 3. The zero-order valence-corrected chi connectivity index (χ0v) is 79.4. The number of imidazole rings is 1. The molecule has 7 aromatic rings. The Morgan fingerprint density at radius 1 is 0.406 bits per heavy atom. The van der Waals surface area contributed by atoms with E-state index in [4.69, 9.17) is 16.9 Å². The van der Waals surface area contributed by atoms with Crippen molar-refractivity contribution in [2.75, 3.05) is 44.3 Å². The number of benzene rings is 4. The van der Waals surface area contributed by atoms with Gasteiger partial charge >= 0.3 is 23.9 Å². The summed E-state index contributed by atoms with van der Waals surface area (Å²) in [5.41, 5.74) is 13.6. The number of guanidine groups is 1. The van der Waals surface area contributed by atoms with Crippen molar-refractivity contribution in [3.05, 3.63) is 150 Å². The minimum absolute atomic E-state index is 0.0931. The average molecular weight is 2030 g/mol. The van der Waals surface area contributed by atoms with E-state index in [-0.39, 0.29) is 61.8 Å². The van der Waals surface area contributed by atoms with Gasteiger partial charge in [0.25, 0.3) is 0 Å². The first-order valence-electron chi connectivity index (χ1n) is 44.9. The number of aromatic nitrogens is 4. The van der Waals surface area contributed by atoms with Crippen LogP contribution in [0.25, 0.3) is 21.8 Å². The number of hydrogen-bond donors (Lipinski definition) is 32. The number of carbonyl (C=O) groups excluding carboxylic acids is 16. The molecule has 0 aliphatic carbocycles. The number of carbonyl (C=O) groups is 20. The van der Waals surface area contributed by atoms with E-state index in [9.17, 15) is 122 Å². The van der Waals surface area contributed by atoms with Crippen molar-refractivity contribution >= 4 is 171 Å². The lowest BCUT2D eigenvalue weighted by Crippen LogP contribution is -2.61. The Morgan fingerprint density at radius 3 is 1.19 bits per heavy atom. The summed E-state index contributed by atoms with van der Waals surface area (Å²) in [7, 11) is 0. The molecule has 3 aromatic heterocycles. The van der Waals surface area contributed by atoms with Crippen molar-refractivity contribution in [2.24, 2.45) is 17.4 Å². The number of nitrogens with one attached hydrogen (secondary N) is 21. The lowest BCUT2D eigenvalue weighted by molar-refractivity contribution is -0.142. The predicted molar refractivity (Wildman–Crippen MR) is 515 cm³/mol. The molecule has 0 radical (unpaired) electrons. The van der Waals surface area contributed by atoms with Crippen LogP contribution in [-0.4, -0.2) is 309 Å². The van der Waals surface area contributed by atoms with E-state index in [2.05, 4.69) is 136 Å². The molecule has 0 saturated carbocycles. The van der Waals surface area contributed by atoms with Crippen molar-refractivity contribution in [2.45, 2.75) is 189 Å². The number of carboxylic acids is 4. The molecule has 0 bridgehead atoms. The first-order chi connectivity index (χ1) is 68.0. The first-order valence-corrected chi connectivity index (χ1v) is 46.2. The van der Waals surface area contributed by atoms with E-state index in [1.54, 1.807) is 55.5 Å². The number of phenolic OH excluding ortho intramolecular Hbond substituents is 2. The smallest absolute Gasteiger partial charge is 0.326 e. The van der Waals surface area contributed by atoms with E-state index in [1.807, 2.05) is 0 Å². The molecule has 0 fully saturated rings. The summed E-state index contributed by atoms with van der Waals surface area (Å²) >= 11 is 8.55. The first kappa shape index (κ1) is 114. The largest absolute Gasteiger partial charge is 0.508 e. The normalized spacial score (nSPS) is 14.2. The molecule has 32 N–H and O–H groups in total. The van der Waals surface area contributed by atoms with Crippen LogP contribution in [0.1, 0.15) is 100 Å². The predicted octanol–water partition coefficient (Wildman–Crippen LogP) is -6.25. The average Bonchev–Trinajstić information content (AvgIpc) is 1.69. The molecule has 0 aliphatic heterocycles. The number of aliphatic hydroxyl groups excluding tert-OH is 1.